The highest BCUT2D eigenvalue weighted by atomic mass is 32.1. The standard InChI is InChI=1S/C14H21NOS/c1-10-12(14(9-16)7-8-14)17-13(15-10)11-5-3-2-4-6-11/h11,16H,2-9H2,1H3. The van der Waals surface area contributed by atoms with Gasteiger partial charge in [-0.3, -0.25) is 0 Å². The van der Waals surface area contributed by atoms with Gasteiger partial charge in [0.2, 0.25) is 0 Å². The fourth-order valence-corrected chi connectivity index (χ4v) is 4.51. The molecule has 1 aromatic rings. The molecule has 0 aromatic carbocycles. The van der Waals surface area contributed by atoms with Crippen molar-refractivity contribution >= 4 is 11.3 Å². The quantitative estimate of drug-likeness (QED) is 0.891. The maximum Gasteiger partial charge on any atom is 0.0962 e. The van der Waals surface area contributed by atoms with Gasteiger partial charge in [-0.2, -0.15) is 0 Å². The lowest BCUT2D eigenvalue weighted by Gasteiger charge is -2.19. The van der Waals surface area contributed by atoms with Gasteiger partial charge in [-0.05, 0) is 32.6 Å². The first-order chi connectivity index (χ1) is 8.25. The van der Waals surface area contributed by atoms with Crippen molar-refractivity contribution in [3.8, 4) is 0 Å². The number of thiazole rings is 1. The number of hydrogen-bond donors (Lipinski definition) is 1. The van der Waals surface area contributed by atoms with Crippen LogP contribution in [-0.4, -0.2) is 16.7 Å². The Labute approximate surface area is 107 Å². The molecule has 0 amide bonds. The number of nitrogens with zero attached hydrogens (tertiary/aromatic N) is 1. The SMILES string of the molecule is Cc1nc(C2CCCCC2)sc1C1(CO)CC1. The van der Waals surface area contributed by atoms with Gasteiger partial charge in [0.15, 0.2) is 0 Å². The molecule has 0 spiro atoms. The van der Waals surface area contributed by atoms with Crippen LogP contribution >= 0.6 is 11.3 Å². The minimum Gasteiger partial charge on any atom is -0.395 e. The van der Waals surface area contributed by atoms with Gasteiger partial charge in [-0.25, -0.2) is 4.98 Å². The minimum absolute atomic E-state index is 0.106. The topological polar surface area (TPSA) is 33.1 Å². The zero-order valence-electron chi connectivity index (χ0n) is 10.5. The summed E-state index contributed by atoms with van der Waals surface area (Å²) in [4.78, 5) is 6.17. The summed E-state index contributed by atoms with van der Waals surface area (Å²) >= 11 is 1.89. The van der Waals surface area contributed by atoms with E-state index in [9.17, 15) is 5.11 Å². The Kier molecular flexibility index (Phi) is 2.99. The van der Waals surface area contributed by atoms with E-state index in [-0.39, 0.29) is 5.41 Å². The average Bonchev–Trinajstić information content (AvgIpc) is 3.07. The van der Waals surface area contributed by atoms with Crippen molar-refractivity contribution in [2.24, 2.45) is 0 Å². The van der Waals surface area contributed by atoms with Crippen LogP contribution in [0, 0.1) is 6.92 Å². The predicted molar refractivity (Wildman–Crippen MR) is 70.7 cm³/mol. The molecule has 0 radical (unpaired) electrons. The molecule has 2 saturated carbocycles. The highest BCUT2D eigenvalue weighted by Gasteiger charge is 2.46. The summed E-state index contributed by atoms with van der Waals surface area (Å²) in [7, 11) is 0. The van der Waals surface area contributed by atoms with Crippen molar-refractivity contribution in [1.29, 1.82) is 0 Å². The summed E-state index contributed by atoms with van der Waals surface area (Å²) in [5.74, 6) is 0.704. The molecule has 1 aromatic heterocycles. The Morgan fingerprint density at radius 3 is 2.59 bits per heavy atom. The molecule has 2 aliphatic rings. The van der Waals surface area contributed by atoms with E-state index in [4.69, 9.17) is 4.98 Å². The highest BCUT2D eigenvalue weighted by Crippen LogP contribution is 2.52. The fourth-order valence-electron chi connectivity index (χ4n) is 3.04. The van der Waals surface area contributed by atoms with E-state index in [1.54, 1.807) is 0 Å². The van der Waals surface area contributed by atoms with Crippen molar-refractivity contribution in [2.45, 2.75) is 63.2 Å². The zero-order chi connectivity index (χ0) is 11.9. The predicted octanol–water partition coefficient (Wildman–Crippen LogP) is 3.52. The van der Waals surface area contributed by atoms with Crippen LogP contribution in [0.3, 0.4) is 0 Å². The number of rotatable bonds is 3. The molecule has 2 nitrogen and oxygen atoms in total. The first kappa shape index (κ1) is 11.7. The van der Waals surface area contributed by atoms with E-state index in [1.807, 2.05) is 11.3 Å². The lowest BCUT2D eigenvalue weighted by Crippen LogP contribution is -2.11. The summed E-state index contributed by atoms with van der Waals surface area (Å²) in [5.41, 5.74) is 1.29. The number of aryl methyl sites for hydroxylation is 1. The van der Waals surface area contributed by atoms with E-state index in [0.29, 0.717) is 12.5 Å². The second kappa shape index (κ2) is 4.36. The summed E-state index contributed by atoms with van der Waals surface area (Å²) in [5, 5.41) is 10.9. The average molecular weight is 251 g/mol. The maximum atomic E-state index is 9.53. The monoisotopic (exact) mass is 251 g/mol. The Balaban J connectivity index is 1.85. The maximum absolute atomic E-state index is 9.53. The number of aromatic nitrogens is 1. The molecule has 1 N–H and O–H groups in total. The van der Waals surface area contributed by atoms with Crippen LogP contribution in [0.2, 0.25) is 0 Å². The van der Waals surface area contributed by atoms with Crippen LogP contribution in [-0.2, 0) is 5.41 Å². The Hall–Kier alpha value is -0.410. The molecule has 94 valence electrons. The molecular formula is C14H21NOS. The molecule has 3 heteroatoms. The van der Waals surface area contributed by atoms with Gasteiger partial charge >= 0.3 is 0 Å². The van der Waals surface area contributed by atoms with Gasteiger partial charge in [0.1, 0.15) is 0 Å². The second-order valence-electron chi connectivity index (χ2n) is 5.74. The molecular weight excluding hydrogens is 230 g/mol. The van der Waals surface area contributed by atoms with Crippen molar-refractivity contribution in [3.05, 3.63) is 15.6 Å². The third-order valence-corrected chi connectivity index (χ3v) is 5.97. The Bertz CT molecular complexity index is 402. The van der Waals surface area contributed by atoms with E-state index in [1.165, 1.54) is 47.7 Å². The van der Waals surface area contributed by atoms with E-state index in [0.717, 1.165) is 12.8 Å². The van der Waals surface area contributed by atoms with Crippen molar-refractivity contribution in [2.75, 3.05) is 6.61 Å². The zero-order valence-corrected chi connectivity index (χ0v) is 11.4. The van der Waals surface area contributed by atoms with Gasteiger partial charge in [-0.15, -0.1) is 11.3 Å². The van der Waals surface area contributed by atoms with Crippen molar-refractivity contribution < 1.29 is 5.11 Å². The van der Waals surface area contributed by atoms with Crippen LogP contribution in [0.5, 0.6) is 0 Å². The highest BCUT2D eigenvalue weighted by molar-refractivity contribution is 7.12. The van der Waals surface area contributed by atoms with E-state index in [2.05, 4.69) is 6.92 Å². The van der Waals surface area contributed by atoms with Crippen LogP contribution in [0.15, 0.2) is 0 Å². The van der Waals surface area contributed by atoms with Crippen LogP contribution in [0.4, 0.5) is 0 Å². The van der Waals surface area contributed by atoms with Gasteiger partial charge in [0.05, 0.1) is 17.3 Å². The van der Waals surface area contributed by atoms with Crippen LogP contribution in [0.1, 0.15) is 66.4 Å². The Morgan fingerprint density at radius 2 is 2.00 bits per heavy atom. The molecule has 0 bridgehead atoms. The molecule has 0 atom stereocenters. The third kappa shape index (κ3) is 2.04. The lowest BCUT2D eigenvalue weighted by atomic mass is 9.90. The van der Waals surface area contributed by atoms with Crippen molar-refractivity contribution in [3.63, 3.8) is 0 Å². The van der Waals surface area contributed by atoms with Gasteiger partial charge < -0.3 is 5.11 Å². The molecule has 2 fully saturated rings. The van der Waals surface area contributed by atoms with Crippen molar-refractivity contribution in [1.82, 2.24) is 4.98 Å². The molecule has 3 rings (SSSR count). The summed E-state index contributed by atoms with van der Waals surface area (Å²) in [6.07, 6.45) is 9.06. The van der Waals surface area contributed by atoms with E-state index < -0.39 is 0 Å². The number of aliphatic hydroxyl groups is 1. The van der Waals surface area contributed by atoms with Gasteiger partial charge in [0.25, 0.3) is 0 Å². The first-order valence-corrected chi connectivity index (χ1v) is 7.65. The molecule has 0 unspecified atom stereocenters. The first-order valence-electron chi connectivity index (χ1n) is 6.84. The fraction of sp³-hybridized carbons (Fsp3) is 0.786. The third-order valence-electron chi connectivity index (χ3n) is 4.41. The van der Waals surface area contributed by atoms with Crippen LogP contribution < -0.4 is 0 Å². The normalized spacial score (nSPS) is 23.9. The lowest BCUT2D eigenvalue weighted by molar-refractivity contribution is 0.256. The summed E-state index contributed by atoms with van der Waals surface area (Å²) < 4.78 is 0. The summed E-state index contributed by atoms with van der Waals surface area (Å²) in [6.45, 7) is 2.42. The van der Waals surface area contributed by atoms with Gasteiger partial charge in [-0.1, -0.05) is 19.3 Å². The van der Waals surface area contributed by atoms with E-state index >= 15 is 0 Å². The number of aliphatic hydroxyl groups excluding tert-OH is 1. The smallest absolute Gasteiger partial charge is 0.0962 e. The second-order valence-corrected chi connectivity index (χ2v) is 6.77. The molecule has 0 saturated heterocycles. The molecule has 0 aliphatic heterocycles. The van der Waals surface area contributed by atoms with Gasteiger partial charge in [0, 0.05) is 16.2 Å². The molecule has 17 heavy (non-hydrogen) atoms. The minimum atomic E-state index is 0.106. The largest absolute Gasteiger partial charge is 0.395 e. The molecule has 1 heterocycles. The Morgan fingerprint density at radius 1 is 1.29 bits per heavy atom. The summed E-state index contributed by atoms with van der Waals surface area (Å²) in [6, 6.07) is 0. The van der Waals surface area contributed by atoms with Crippen LogP contribution in [0.25, 0.3) is 0 Å². The molecule has 2 aliphatic carbocycles. The number of hydrogen-bond acceptors (Lipinski definition) is 3.